The molecule has 0 aromatic heterocycles. The number of carboxylic acids is 1. The molecule has 0 spiro atoms. The van der Waals surface area contributed by atoms with Gasteiger partial charge in [-0.05, 0) is 43.3 Å². The lowest BCUT2D eigenvalue weighted by Gasteiger charge is -2.17. The first kappa shape index (κ1) is 23.0. The third-order valence-corrected chi connectivity index (χ3v) is 6.67. The number of carbonyl (C=O) groups is 2. The van der Waals surface area contributed by atoms with Crippen molar-refractivity contribution in [1.29, 1.82) is 0 Å². The highest BCUT2D eigenvalue weighted by molar-refractivity contribution is 8.04. The number of ketones is 1. The maximum Gasteiger partial charge on any atom is 0.313 e. The minimum Gasteiger partial charge on any atom is -0.492 e. The second kappa shape index (κ2) is 9.21. The molecular weight excluding hydrogens is 469 g/mol. The summed E-state index contributed by atoms with van der Waals surface area (Å²) in [6, 6.07) is 7.13. The molecule has 1 aliphatic carbocycles. The van der Waals surface area contributed by atoms with Crippen LogP contribution in [0.1, 0.15) is 22.8 Å². The maximum atomic E-state index is 13.7. The molecular formula is C20H15ClFNO6S2. The van der Waals surface area contributed by atoms with Crippen LogP contribution in [0.15, 0.2) is 56.7 Å². The van der Waals surface area contributed by atoms with Crippen LogP contribution in [0.2, 0.25) is 5.02 Å². The summed E-state index contributed by atoms with van der Waals surface area (Å²) < 4.78 is 48.7. The predicted molar refractivity (Wildman–Crippen MR) is 115 cm³/mol. The van der Waals surface area contributed by atoms with Gasteiger partial charge in [-0.2, -0.15) is 12.8 Å². The Bertz CT molecular complexity index is 1240. The van der Waals surface area contributed by atoms with Crippen LogP contribution in [0, 0.1) is 5.82 Å². The molecule has 162 valence electrons. The van der Waals surface area contributed by atoms with E-state index in [1.807, 2.05) is 0 Å². The summed E-state index contributed by atoms with van der Waals surface area (Å²) in [6.45, 7) is 1.99. The average molecular weight is 484 g/mol. The molecule has 1 aliphatic rings. The van der Waals surface area contributed by atoms with Crippen LogP contribution >= 0.6 is 23.4 Å². The van der Waals surface area contributed by atoms with Gasteiger partial charge in [0, 0.05) is 17.2 Å². The molecule has 0 bridgehead atoms. The number of benzene rings is 2. The van der Waals surface area contributed by atoms with E-state index in [9.17, 15) is 22.4 Å². The monoisotopic (exact) mass is 483 g/mol. The molecule has 0 fully saturated rings. The first-order valence-electron chi connectivity index (χ1n) is 8.80. The smallest absolute Gasteiger partial charge is 0.313 e. The van der Waals surface area contributed by atoms with Gasteiger partial charge in [0.15, 0.2) is 5.78 Å². The zero-order valence-corrected chi connectivity index (χ0v) is 18.4. The molecule has 1 N–H and O–H groups in total. The number of halogens is 2. The Balaban J connectivity index is 2.12. The summed E-state index contributed by atoms with van der Waals surface area (Å²) in [7, 11) is -4.27. The number of fused-ring (bicyclic) bond motifs is 1. The Morgan fingerprint density at radius 2 is 1.97 bits per heavy atom. The molecule has 0 aliphatic heterocycles. The molecule has 3 rings (SSSR count). The van der Waals surface area contributed by atoms with E-state index in [1.165, 1.54) is 30.3 Å². The van der Waals surface area contributed by atoms with Crippen molar-refractivity contribution < 1.29 is 32.2 Å². The van der Waals surface area contributed by atoms with Gasteiger partial charge in [0.05, 0.1) is 32.9 Å². The number of thioether (sulfide) groups is 1. The molecule has 0 atom stereocenters. The van der Waals surface area contributed by atoms with Crippen LogP contribution < -0.4 is 4.74 Å². The first-order valence-corrected chi connectivity index (χ1v) is 11.6. The number of hydrogen-bond acceptors (Lipinski definition) is 6. The zero-order chi connectivity index (χ0) is 22.8. The van der Waals surface area contributed by atoms with Crippen molar-refractivity contribution in [2.75, 3.05) is 12.4 Å². The molecule has 11 heteroatoms. The molecule has 31 heavy (non-hydrogen) atoms. The van der Waals surface area contributed by atoms with Crippen LogP contribution in [0.4, 0.5) is 4.39 Å². The molecule has 0 saturated carbocycles. The van der Waals surface area contributed by atoms with Crippen molar-refractivity contribution in [1.82, 2.24) is 0 Å². The van der Waals surface area contributed by atoms with E-state index in [4.69, 9.17) is 21.4 Å². The van der Waals surface area contributed by atoms with E-state index >= 15 is 0 Å². The lowest BCUT2D eigenvalue weighted by atomic mass is 9.94. The molecule has 0 saturated heterocycles. The number of carbonyl (C=O) groups excluding carboxylic acids is 1. The van der Waals surface area contributed by atoms with Gasteiger partial charge in [-0.1, -0.05) is 11.6 Å². The quantitative estimate of drug-likeness (QED) is 0.634. The van der Waals surface area contributed by atoms with E-state index in [2.05, 4.69) is 4.40 Å². The highest BCUT2D eigenvalue weighted by Crippen LogP contribution is 2.32. The van der Waals surface area contributed by atoms with Crippen LogP contribution in [-0.4, -0.2) is 43.3 Å². The molecule has 0 unspecified atom stereocenters. The van der Waals surface area contributed by atoms with Crippen LogP contribution in [0.25, 0.3) is 0 Å². The minimum atomic E-state index is -4.27. The second-order valence-electron chi connectivity index (χ2n) is 6.19. The standard InChI is InChI=1S/C20H15ClFNO6S2/c1-2-29-17-8-12(4-6-15(17)21)31(27,28)23-16-9-18(30-10-19(24)25)20(26)14-7-11(22)3-5-13(14)16/h3-9H,2,10H2,1H3,(H,24,25)/b23-16+. The Hall–Kier alpha value is -2.69. The van der Waals surface area contributed by atoms with Gasteiger partial charge in [0.25, 0.3) is 10.0 Å². The number of nitrogens with zero attached hydrogens (tertiary/aromatic N) is 1. The van der Waals surface area contributed by atoms with Crippen molar-refractivity contribution in [2.24, 2.45) is 4.40 Å². The largest absolute Gasteiger partial charge is 0.492 e. The van der Waals surface area contributed by atoms with E-state index in [0.717, 1.165) is 12.1 Å². The number of ether oxygens (including phenoxy) is 1. The fourth-order valence-corrected chi connectivity index (χ4v) is 4.64. The van der Waals surface area contributed by atoms with Crippen LogP contribution in [0.5, 0.6) is 5.75 Å². The van der Waals surface area contributed by atoms with Gasteiger partial charge in [0.2, 0.25) is 0 Å². The lowest BCUT2D eigenvalue weighted by molar-refractivity contribution is -0.133. The summed E-state index contributed by atoms with van der Waals surface area (Å²) in [4.78, 5) is 23.3. The van der Waals surface area contributed by atoms with Crippen LogP contribution in [0.3, 0.4) is 0 Å². The second-order valence-corrected chi connectivity index (χ2v) is 9.22. The third kappa shape index (κ3) is 5.15. The number of Topliss-reactive ketones (excluding diaryl/α,β-unsaturated/α-hetero) is 1. The summed E-state index contributed by atoms with van der Waals surface area (Å²) in [6.07, 6.45) is 1.19. The van der Waals surface area contributed by atoms with Gasteiger partial charge >= 0.3 is 5.97 Å². The molecule has 0 heterocycles. The van der Waals surface area contributed by atoms with E-state index in [0.29, 0.717) is 11.8 Å². The number of aliphatic carboxylic acids is 1. The maximum absolute atomic E-state index is 13.7. The van der Waals surface area contributed by atoms with Gasteiger partial charge in [-0.15, -0.1) is 11.8 Å². The fraction of sp³-hybridized carbons (Fsp3) is 0.150. The van der Waals surface area contributed by atoms with Crippen molar-refractivity contribution in [3.8, 4) is 5.75 Å². The summed E-state index contributed by atoms with van der Waals surface area (Å²) in [5.74, 6) is -2.74. The third-order valence-electron chi connectivity index (χ3n) is 4.06. The number of allylic oxidation sites excluding steroid dienone is 2. The highest BCUT2D eigenvalue weighted by Gasteiger charge is 2.28. The normalized spacial score (nSPS) is 14.9. The van der Waals surface area contributed by atoms with Gasteiger partial charge < -0.3 is 9.84 Å². The number of carboxylic acid groups (broad SMARTS) is 1. The summed E-state index contributed by atoms with van der Waals surface area (Å²) >= 11 is 6.70. The Morgan fingerprint density at radius 1 is 1.23 bits per heavy atom. The summed E-state index contributed by atoms with van der Waals surface area (Å²) in [5.41, 5.74) is -0.0977. The highest BCUT2D eigenvalue weighted by atomic mass is 35.5. The number of rotatable bonds is 7. The molecule has 0 amide bonds. The Morgan fingerprint density at radius 3 is 2.65 bits per heavy atom. The SMILES string of the molecule is CCOc1cc(S(=O)(=O)/N=C2\C=C(SCC(=O)O)C(=O)c3cc(F)ccc32)ccc1Cl. The predicted octanol–water partition coefficient (Wildman–Crippen LogP) is 3.95. The van der Waals surface area contributed by atoms with Gasteiger partial charge in [-0.25, -0.2) is 4.39 Å². The van der Waals surface area contributed by atoms with E-state index in [1.54, 1.807) is 6.92 Å². The topological polar surface area (TPSA) is 110 Å². The van der Waals surface area contributed by atoms with Crippen molar-refractivity contribution in [3.63, 3.8) is 0 Å². The van der Waals surface area contributed by atoms with Crippen LogP contribution in [-0.2, 0) is 14.8 Å². The molecule has 0 radical (unpaired) electrons. The molecule has 2 aromatic rings. The van der Waals surface area contributed by atoms with Crippen molar-refractivity contribution >= 4 is 50.9 Å². The average Bonchev–Trinajstić information content (AvgIpc) is 2.70. The first-order chi connectivity index (χ1) is 14.6. The molecule has 2 aromatic carbocycles. The van der Waals surface area contributed by atoms with Gasteiger partial charge in [0.1, 0.15) is 11.6 Å². The zero-order valence-electron chi connectivity index (χ0n) is 16.0. The minimum absolute atomic E-state index is 0.0550. The number of sulfonamides is 1. The van der Waals surface area contributed by atoms with E-state index < -0.39 is 33.3 Å². The van der Waals surface area contributed by atoms with Crippen molar-refractivity contribution in [3.05, 3.63) is 69.3 Å². The fourth-order valence-electron chi connectivity index (χ4n) is 2.74. The van der Waals surface area contributed by atoms with E-state index in [-0.39, 0.29) is 44.0 Å². The van der Waals surface area contributed by atoms with Gasteiger partial charge in [-0.3, -0.25) is 9.59 Å². The molecule has 7 nitrogen and oxygen atoms in total. The number of hydrogen-bond donors (Lipinski definition) is 1. The summed E-state index contributed by atoms with van der Waals surface area (Å²) in [5, 5.41) is 9.12. The lowest BCUT2D eigenvalue weighted by Crippen LogP contribution is -2.18. The Labute approximate surface area is 186 Å². The van der Waals surface area contributed by atoms with Crippen molar-refractivity contribution in [2.45, 2.75) is 11.8 Å². The Kier molecular flexibility index (Phi) is 6.83.